The van der Waals surface area contributed by atoms with Crippen LogP contribution in [0, 0.1) is 0 Å². The van der Waals surface area contributed by atoms with Gasteiger partial charge in [0.2, 0.25) is 10.0 Å². The summed E-state index contributed by atoms with van der Waals surface area (Å²) < 4.78 is 26.9. The Bertz CT molecular complexity index is 828. The minimum atomic E-state index is -3.47. The molecular weight excluding hydrogens is 316 g/mol. The maximum atomic E-state index is 12.1. The van der Waals surface area contributed by atoms with Gasteiger partial charge in [0.15, 0.2) is 0 Å². The Balaban J connectivity index is 1.69. The Morgan fingerprint density at radius 1 is 1.00 bits per heavy atom. The lowest BCUT2D eigenvalue weighted by molar-refractivity contribution is 0.581. The van der Waals surface area contributed by atoms with Gasteiger partial charge < -0.3 is 0 Å². The van der Waals surface area contributed by atoms with E-state index in [-0.39, 0.29) is 11.4 Å². The average molecular weight is 330 g/mol. The van der Waals surface area contributed by atoms with E-state index in [0.717, 1.165) is 16.1 Å². The van der Waals surface area contributed by atoms with Crippen molar-refractivity contribution in [2.24, 2.45) is 0 Å². The third kappa shape index (κ3) is 3.41. The van der Waals surface area contributed by atoms with E-state index in [1.54, 1.807) is 47.9 Å². The molecule has 0 unspecified atom stereocenters. The predicted octanol–water partition coefficient (Wildman–Crippen LogP) is 3.29. The maximum absolute atomic E-state index is 12.1. The first-order valence-corrected chi connectivity index (χ1v) is 9.05. The number of hydrogen-bond acceptors (Lipinski definition) is 4. The fourth-order valence-electron chi connectivity index (χ4n) is 1.99. The van der Waals surface area contributed by atoms with Gasteiger partial charge in [-0.3, -0.25) is 0 Å². The molecule has 0 bridgehead atoms. The van der Waals surface area contributed by atoms with Crippen molar-refractivity contribution in [3.8, 4) is 10.6 Å². The highest BCUT2D eigenvalue weighted by Crippen LogP contribution is 2.21. The fraction of sp³-hybridized carbons (Fsp3) is 0.0625. The molecular formula is C16H14N2O2S2. The molecule has 0 aliphatic carbocycles. The van der Waals surface area contributed by atoms with Gasteiger partial charge in [-0.25, -0.2) is 18.1 Å². The van der Waals surface area contributed by atoms with Crippen molar-refractivity contribution in [1.29, 1.82) is 0 Å². The summed E-state index contributed by atoms with van der Waals surface area (Å²) in [5, 5.41) is 2.88. The van der Waals surface area contributed by atoms with Gasteiger partial charge in [0.1, 0.15) is 5.01 Å². The largest absolute Gasteiger partial charge is 0.245 e. The summed E-state index contributed by atoms with van der Waals surface area (Å²) in [7, 11) is -3.47. The summed E-state index contributed by atoms with van der Waals surface area (Å²) in [5.41, 5.74) is 1.93. The van der Waals surface area contributed by atoms with E-state index in [2.05, 4.69) is 9.71 Å². The molecule has 0 saturated heterocycles. The van der Waals surface area contributed by atoms with Crippen LogP contribution in [-0.4, -0.2) is 13.4 Å². The minimum absolute atomic E-state index is 0.259. The molecule has 0 aliphatic rings. The molecule has 3 aromatic rings. The summed E-state index contributed by atoms with van der Waals surface area (Å²) in [6.07, 6.45) is 1.77. The quantitative estimate of drug-likeness (QED) is 0.781. The Labute approximate surface area is 133 Å². The van der Waals surface area contributed by atoms with Gasteiger partial charge in [0.25, 0.3) is 0 Å². The lowest BCUT2D eigenvalue weighted by Gasteiger charge is -2.07. The smallest absolute Gasteiger partial charge is 0.240 e. The summed E-state index contributed by atoms with van der Waals surface area (Å²) in [5.74, 6) is 0. The van der Waals surface area contributed by atoms with Gasteiger partial charge >= 0.3 is 0 Å². The van der Waals surface area contributed by atoms with Crippen molar-refractivity contribution in [3.05, 3.63) is 71.7 Å². The van der Waals surface area contributed by atoms with Crippen molar-refractivity contribution in [2.45, 2.75) is 11.4 Å². The first-order valence-electron chi connectivity index (χ1n) is 6.69. The van der Waals surface area contributed by atoms with Crippen molar-refractivity contribution >= 4 is 21.4 Å². The van der Waals surface area contributed by atoms with Crippen LogP contribution in [0.5, 0.6) is 0 Å². The minimum Gasteiger partial charge on any atom is -0.245 e. The second kappa shape index (κ2) is 6.39. The van der Waals surface area contributed by atoms with Gasteiger partial charge in [-0.15, -0.1) is 11.3 Å². The van der Waals surface area contributed by atoms with Crippen LogP contribution in [0.25, 0.3) is 10.6 Å². The molecule has 0 saturated carbocycles. The molecule has 3 rings (SSSR count). The van der Waals surface area contributed by atoms with E-state index >= 15 is 0 Å². The number of rotatable bonds is 5. The molecule has 1 aromatic heterocycles. The third-order valence-corrected chi connectivity index (χ3v) is 5.39. The zero-order valence-electron chi connectivity index (χ0n) is 11.6. The van der Waals surface area contributed by atoms with E-state index in [4.69, 9.17) is 0 Å². The maximum Gasteiger partial charge on any atom is 0.240 e. The van der Waals surface area contributed by atoms with Gasteiger partial charge in [0.05, 0.1) is 4.90 Å². The van der Waals surface area contributed by atoms with E-state index in [9.17, 15) is 8.42 Å². The number of sulfonamides is 1. The topological polar surface area (TPSA) is 59.1 Å². The summed E-state index contributed by atoms with van der Waals surface area (Å²) >= 11 is 1.57. The molecule has 1 heterocycles. The number of nitrogens with one attached hydrogen (secondary N) is 1. The van der Waals surface area contributed by atoms with Crippen LogP contribution in [0.2, 0.25) is 0 Å². The molecule has 0 spiro atoms. The van der Waals surface area contributed by atoms with Crippen LogP contribution in [0.1, 0.15) is 5.56 Å². The normalized spacial score (nSPS) is 11.5. The van der Waals surface area contributed by atoms with Gasteiger partial charge in [0, 0.05) is 23.7 Å². The van der Waals surface area contributed by atoms with E-state index in [1.807, 2.05) is 29.6 Å². The summed E-state index contributed by atoms with van der Waals surface area (Å²) in [4.78, 5) is 4.52. The molecule has 22 heavy (non-hydrogen) atoms. The van der Waals surface area contributed by atoms with Crippen molar-refractivity contribution in [1.82, 2.24) is 9.71 Å². The molecule has 0 aliphatic heterocycles. The molecule has 2 aromatic carbocycles. The van der Waals surface area contributed by atoms with Crippen LogP contribution in [-0.2, 0) is 16.6 Å². The predicted molar refractivity (Wildman–Crippen MR) is 88.0 cm³/mol. The van der Waals surface area contributed by atoms with Crippen LogP contribution in [0.4, 0.5) is 0 Å². The second-order valence-electron chi connectivity index (χ2n) is 4.67. The van der Waals surface area contributed by atoms with Crippen molar-refractivity contribution in [3.63, 3.8) is 0 Å². The fourth-order valence-corrected chi connectivity index (χ4v) is 3.68. The summed E-state index contributed by atoms with van der Waals surface area (Å²) in [6.45, 7) is 0.259. The van der Waals surface area contributed by atoms with Crippen LogP contribution < -0.4 is 4.72 Å². The lowest BCUT2D eigenvalue weighted by atomic mass is 10.1. The van der Waals surface area contributed by atoms with Crippen molar-refractivity contribution < 1.29 is 8.42 Å². The molecule has 4 nitrogen and oxygen atoms in total. The Morgan fingerprint density at radius 2 is 1.73 bits per heavy atom. The molecule has 0 fully saturated rings. The molecule has 0 radical (unpaired) electrons. The van der Waals surface area contributed by atoms with Gasteiger partial charge in [-0.05, 0) is 17.7 Å². The molecule has 0 amide bonds. The first-order chi connectivity index (χ1) is 10.6. The first kappa shape index (κ1) is 14.9. The van der Waals surface area contributed by atoms with Gasteiger partial charge in [-0.2, -0.15) is 0 Å². The monoisotopic (exact) mass is 330 g/mol. The van der Waals surface area contributed by atoms with Crippen LogP contribution in [0.15, 0.2) is 71.1 Å². The highest BCUT2D eigenvalue weighted by atomic mass is 32.2. The number of benzene rings is 2. The molecule has 112 valence electrons. The number of nitrogens with zero attached hydrogens (tertiary/aromatic N) is 1. The Kier molecular flexibility index (Phi) is 4.33. The van der Waals surface area contributed by atoms with Gasteiger partial charge in [-0.1, -0.05) is 42.5 Å². The van der Waals surface area contributed by atoms with E-state index in [1.165, 1.54) is 0 Å². The standard InChI is InChI=1S/C16H14N2O2S2/c19-22(20,15-4-2-1-3-5-15)18-12-13-6-8-14(9-7-13)16-17-10-11-21-16/h1-11,18H,12H2. The van der Waals surface area contributed by atoms with Crippen LogP contribution in [0.3, 0.4) is 0 Å². The number of aromatic nitrogens is 1. The van der Waals surface area contributed by atoms with E-state index in [0.29, 0.717) is 0 Å². The zero-order chi connectivity index (χ0) is 15.4. The van der Waals surface area contributed by atoms with E-state index < -0.39 is 10.0 Å². The third-order valence-electron chi connectivity index (χ3n) is 3.15. The SMILES string of the molecule is O=S(=O)(NCc1ccc(-c2nccs2)cc1)c1ccccc1. The molecule has 1 N–H and O–H groups in total. The number of thiazole rings is 1. The summed E-state index contributed by atoms with van der Waals surface area (Å²) in [6, 6.07) is 16.1. The Morgan fingerprint density at radius 3 is 2.36 bits per heavy atom. The molecule has 0 atom stereocenters. The Hall–Kier alpha value is -2.02. The zero-order valence-corrected chi connectivity index (χ0v) is 13.3. The number of hydrogen-bond donors (Lipinski definition) is 1. The second-order valence-corrected chi connectivity index (χ2v) is 7.33. The van der Waals surface area contributed by atoms with Crippen LogP contribution >= 0.6 is 11.3 Å². The average Bonchev–Trinajstić information content (AvgIpc) is 3.09. The van der Waals surface area contributed by atoms with Crippen molar-refractivity contribution in [2.75, 3.05) is 0 Å². The highest BCUT2D eigenvalue weighted by molar-refractivity contribution is 7.89. The molecule has 6 heteroatoms. The lowest BCUT2D eigenvalue weighted by Crippen LogP contribution is -2.23. The highest BCUT2D eigenvalue weighted by Gasteiger charge is 2.12.